The molecule has 0 bridgehead atoms. The average Bonchev–Trinajstić information content (AvgIpc) is 2.54. The van der Waals surface area contributed by atoms with Gasteiger partial charge in [-0.3, -0.25) is 4.79 Å². The first-order valence-corrected chi connectivity index (χ1v) is 7.60. The van der Waals surface area contributed by atoms with Gasteiger partial charge in [0, 0.05) is 0 Å². The Balaban J connectivity index is 2.75. The summed E-state index contributed by atoms with van der Waals surface area (Å²) in [4.78, 5) is 24.4. The second-order valence-corrected chi connectivity index (χ2v) is 5.83. The van der Waals surface area contributed by atoms with Gasteiger partial charge in [-0.05, 0) is 31.4 Å². The van der Waals surface area contributed by atoms with Gasteiger partial charge in [-0.25, -0.2) is 4.79 Å². The highest BCUT2D eigenvalue weighted by Crippen LogP contribution is 2.46. The van der Waals surface area contributed by atoms with Crippen LogP contribution in [0.3, 0.4) is 0 Å². The molecule has 1 aliphatic heterocycles. The number of benzene rings is 1. The van der Waals surface area contributed by atoms with Crippen molar-refractivity contribution < 1.29 is 19.4 Å². The van der Waals surface area contributed by atoms with Crippen molar-refractivity contribution in [3.05, 3.63) is 35.4 Å². The van der Waals surface area contributed by atoms with Crippen molar-refractivity contribution >= 4 is 17.7 Å². The number of esters is 1. The molecule has 0 aliphatic carbocycles. The lowest BCUT2D eigenvalue weighted by atomic mass is 9.62. The average molecular weight is 318 g/mol. The van der Waals surface area contributed by atoms with E-state index in [1.54, 1.807) is 6.92 Å². The lowest BCUT2D eigenvalue weighted by Crippen LogP contribution is -2.57. The summed E-state index contributed by atoms with van der Waals surface area (Å²) < 4.78 is 4.83. The summed E-state index contributed by atoms with van der Waals surface area (Å²) in [6.07, 6.45) is 0.353. The highest BCUT2D eigenvalue weighted by molar-refractivity contribution is 6.39. The van der Waals surface area contributed by atoms with E-state index in [1.807, 2.05) is 38.1 Å². The highest BCUT2D eigenvalue weighted by atomic mass is 16.5. The van der Waals surface area contributed by atoms with Crippen LogP contribution in [0.4, 0.5) is 0 Å². The Kier molecular flexibility index (Phi) is 4.73. The van der Waals surface area contributed by atoms with Gasteiger partial charge in [0.1, 0.15) is 5.41 Å². The lowest BCUT2D eigenvalue weighted by Gasteiger charge is -2.44. The van der Waals surface area contributed by atoms with Crippen LogP contribution in [0.5, 0.6) is 0 Å². The lowest BCUT2D eigenvalue weighted by molar-refractivity contribution is -0.152. The van der Waals surface area contributed by atoms with Gasteiger partial charge >= 0.3 is 11.9 Å². The maximum atomic E-state index is 12.2. The molecule has 23 heavy (non-hydrogen) atoms. The maximum Gasteiger partial charge on any atom is 0.354 e. The molecule has 2 N–H and O–H groups in total. The zero-order valence-electron chi connectivity index (χ0n) is 13.8. The fourth-order valence-electron chi connectivity index (χ4n) is 3.41. The fraction of sp³-hybridized carbons (Fsp3) is 0.471. The molecule has 0 saturated carbocycles. The zero-order valence-corrected chi connectivity index (χ0v) is 13.8. The molecule has 0 radical (unpaired) electrons. The molecule has 3 unspecified atom stereocenters. The van der Waals surface area contributed by atoms with Gasteiger partial charge in [0.25, 0.3) is 0 Å². The Hall–Kier alpha value is -2.37. The Bertz CT molecular complexity index is 656. The van der Waals surface area contributed by atoms with Crippen LogP contribution in [0.15, 0.2) is 29.4 Å². The van der Waals surface area contributed by atoms with Crippen LogP contribution in [0, 0.1) is 12.3 Å². The molecule has 0 aromatic heterocycles. The summed E-state index contributed by atoms with van der Waals surface area (Å²) in [7, 11) is 1.27. The molecule has 3 atom stereocenters. The van der Waals surface area contributed by atoms with Crippen LogP contribution in [0.2, 0.25) is 0 Å². The number of carboxylic acids is 1. The smallest absolute Gasteiger partial charge is 0.354 e. The fourth-order valence-corrected chi connectivity index (χ4v) is 3.41. The van der Waals surface area contributed by atoms with Crippen LogP contribution in [0.1, 0.15) is 37.3 Å². The minimum atomic E-state index is -1.18. The Morgan fingerprint density at radius 1 is 1.39 bits per heavy atom. The summed E-state index contributed by atoms with van der Waals surface area (Å²) in [5.41, 5.74) is 3.42. The minimum Gasteiger partial charge on any atom is -0.481 e. The Labute approximate surface area is 135 Å². The largest absolute Gasteiger partial charge is 0.481 e. The van der Waals surface area contributed by atoms with E-state index in [0.29, 0.717) is 6.42 Å². The number of hydrogen-bond acceptors (Lipinski definition) is 5. The third-order valence-electron chi connectivity index (χ3n) is 4.82. The summed E-state index contributed by atoms with van der Waals surface area (Å²) >= 11 is 0. The predicted octanol–water partition coefficient (Wildman–Crippen LogP) is 2.08. The third-order valence-corrected chi connectivity index (χ3v) is 4.82. The minimum absolute atomic E-state index is 0.101. The molecule has 6 heteroatoms. The van der Waals surface area contributed by atoms with E-state index in [-0.39, 0.29) is 5.71 Å². The second-order valence-electron chi connectivity index (χ2n) is 5.83. The van der Waals surface area contributed by atoms with Gasteiger partial charge in [0.15, 0.2) is 5.71 Å². The van der Waals surface area contributed by atoms with Crippen LogP contribution in [0.25, 0.3) is 0 Å². The van der Waals surface area contributed by atoms with Gasteiger partial charge in [-0.15, -0.1) is 0 Å². The topological polar surface area (TPSA) is 88.0 Å². The standard InChI is InChI=1S/C17H22N2O4/c1-5-17(16(21)22)11(3)18-19-14(15(20)23-4)13(17)12-9-7-6-8-10(12)2/h6-9,11,13,18H,5H2,1-4H3,(H,21,22). The van der Waals surface area contributed by atoms with Crippen LogP contribution < -0.4 is 5.43 Å². The van der Waals surface area contributed by atoms with Gasteiger partial charge < -0.3 is 15.3 Å². The third kappa shape index (κ3) is 2.58. The van der Waals surface area contributed by atoms with Crippen LogP contribution in [-0.2, 0) is 14.3 Å². The molecule has 2 rings (SSSR count). The van der Waals surface area contributed by atoms with E-state index in [2.05, 4.69) is 10.5 Å². The molecule has 6 nitrogen and oxygen atoms in total. The Morgan fingerprint density at radius 3 is 2.57 bits per heavy atom. The summed E-state index contributed by atoms with van der Waals surface area (Å²) in [6, 6.07) is 7.05. The number of methoxy groups -OCH3 is 1. The van der Waals surface area contributed by atoms with Gasteiger partial charge in [0.2, 0.25) is 0 Å². The summed E-state index contributed by atoms with van der Waals surface area (Å²) in [6.45, 7) is 5.50. The molecule has 0 saturated heterocycles. The molecule has 1 heterocycles. The number of carbonyl (C=O) groups is 2. The number of hydrazone groups is 1. The van der Waals surface area contributed by atoms with E-state index < -0.39 is 29.3 Å². The number of nitrogens with one attached hydrogen (secondary N) is 1. The molecule has 1 aromatic carbocycles. The molecule has 0 amide bonds. The van der Waals surface area contributed by atoms with Crippen LogP contribution >= 0.6 is 0 Å². The van der Waals surface area contributed by atoms with E-state index in [0.717, 1.165) is 11.1 Å². The molecular weight excluding hydrogens is 296 g/mol. The molecule has 0 fully saturated rings. The normalized spacial score (nSPS) is 26.9. The SMILES string of the molecule is CCC1(C(=O)O)C(C)NN=C(C(=O)OC)C1c1ccccc1C. The summed E-state index contributed by atoms with van der Waals surface area (Å²) in [5, 5.41) is 14.1. The van der Waals surface area contributed by atoms with Crippen molar-refractivity contribution in [2.45, 2.75) is 39.2 Å². The molecular formula is C17H22N2O4. The van der Waals surface area contributed by atoms with Crippen molar-refractivity contribution in [2.24, 2.45) is 10.5 Å². The maximum absolute atomic E-state index is 12.2. The molecule has 1 aromatic rings. The van der Waals surface area contributed by atoms with Gasteiger partial charge in [0.05, 0.1) is 19.1 Å². The quantitative estimate of drug-likeness (QED) is 0.830. The first kappa shape index (κ1) is 17.0. The zero-order chi connectivity index (χ0) is 17.2. The highest BCUT2D eigenvalue weighted by Gasteiger charge is 2.55. The monoisotopic (exact) mass is 318 g/mol. The molecule has 1 aliphatic rings. The Morgan fingerprint density at radius 2 is 2.04 bits per heavy atom. The van der Waals surface area contributed by atoms with Gasteiger partial charge in [-0.1, -0.05) is 31.2 Å². The van der Waals surface area contributed by atoms with E-state index >= 15 is 0 Å². The van der Waals surface area contributed by atoms with E-state index in [9.17, 15) is 14.7 Å². The van der Waals surface area contributed by atoms with E-state index in [1.165, 1.54) is 7.11 Å². The van der Waals surface area contributed by atoms with Crippen molar-refractivity contribution in [1.82, 2.24) is 5.43 Å². The number of rotatable bonds is 4. The first-order chi connectivity index (χ1) is 10.9. The molecule has 0 spiro atoms. The van der Waals surface area contributed by atoms with Crippen molar-refractivity contribution in [3.63, 3.8) is 0 Å². The van der Waals surface area contributed by atoms with Crippen molar-refractivity contribution in [2.75, 3.05) is 7.11 Å². The predicted molar refractivity (Wildman–Crippen MR) is 86.3 cm³/mol. The number of aryl methyl sites for hydroxylation is 1. The second kappa shape index (κ2) is 6.40. The number of nitrogens with zero attached hydrogens (tertiary/aromatic N) is 1. The number of carboxylic acid groups (broad SMARTS) is 1. The molecule has 124 valence electrons. The first-order valence-electron chi connectivity index (χ1n) is 7.60. The number of ether oxygens (including phenoxy) is 1. The number of hydrogen-bond donors (Lipinski definition) is 2. The van der Waals surface area contributed by atoms with Crippen LogP contribution in [-0.4, -0.2) is 35.9 Å². The summed E-state index contributed by atoms with van der Waals surface area (Å²) in [5.74, 6) is -2.24. The van der Waals surface area contributed by atoms with Crippen molar-refractivity contribution in [1.29, 1.82) is 0 Å². The van der Waals surface area contributed by atoms with E-state index in [4.69, 9.17) is 4.74 Å². The van der Waals surface area contributed by atoms with Crippen molar-refractivity contribution in [3.8, 4) is 0 Å². The number of carbonyl (C=O) groups excluding carboxylic acids is 1. The van der Waals surface area contributed by atoms with Gasteiger partial charge in [-0.2, -0.15) is 5.10 Å². The number of aliphatic carboxylic acids is 1.